The van der Waals surface area contributed by atoms with Crippen LogP contribution in [0.3, 0.4) is 0 Å². The van der Waals surface area contributed by atoms with E-state index < -0.39 is 15.9 Å². The van der Waals surface area contributed by atoms with Gasteiger partial charge in [0.05, 0.1) is 32.2 Å². The quantitative estimate of drug-likeness (QED) is 0.251. The average Bonchev–Trinajstić information content (AvgIpc) is 2.85. The van der Waals surface area contributed by atoms with Crippen molar-refractivity contribution in [2.45, 2.75) is 17.6 Å². The number of ether oxygens (including phenoxy) is 1. The number of hydrogen-bond donors (Lipinski definition) is 1. The predicted molar refractivity (Wildman–Crippen MR) is 152 cm³/mol. The van der Waals surface area contributed by atoms with E-state index in [9.17, 15) is 13.2 Å². The first-order chi connectivity index (χ1) is 17.1. The second kappa shape index (κ2) is 13.1. The van der Waals surface area contributed by atoms with Crippen LogP contribution in [0.5, 0.6) is 5.75 Å². The summed E-state index contributed by atoms with van der Waals surface area (Å²) < 4.78 is 33.9. The summed E-state index contributed by atoms with van der Waals surface area (Å²) in [5.74, 6) is 1.46. The molecular formula is C25H25BrCl2N2O4S2. The van der Waals surface area contributed by atoms with E-state index in [4.69, 9.17) is 27.9 Å². The highest BCUT2D eigenvalue weighted by Crippen LogP contribution is 2.31. The van der Waals surface area contributed by atoms with Crippen LogP contribution >= 0.6 is 50.9 Å². The molecule has 3 aromatic rings. The van der Waals surface area contributed by atoms with Gasteiger partial charge in [-0.3, -0.25) is 9.10 Å². The van der Waals surface area contributed by atoms with E-state index in [-0.39, 0.29) is 11.4 Å². The van der Waals surface area contributed by atoms with Crippen LogP contribution in [0.2, 0.25) is 10.0 Å². The number of thioether (sulfide) groups is 1. The van der Waals surface area contributed by atoms with Crippen LogP contribution in [0.4, 0.5) is 5.69 Å². The van der Waals surface area contributed by atoms with Crippen molar-refractivity contribution in [3.05, 3.63) is 86.3 Å². The van der Waals surface area contributed by atoms with Gasteiger partial charge >= 0.3 is 0 Å². The number of halogens is 3. The lowest BCUT2D eigenvalue weighted by atomic mass is 10.2. The summed E-state index contributed by atoms with van der Waals surface area (Å²) in [5, 5.41) is 3.82. The van der Waals surface area contributed by atoms with Crippen molar-refractivity contribution in [3.63, 3.8) is 0 Å². The van der Waals surface area contributed by atoms with Gasteiger partial charge in [0.15, 0.2) is 0 Å². The van der Waals surface area contributed by atoms with Crippen LogP contribution in [0.15, 0.2) is 70.0 Å². The molecule has 0 bridgehead atoms. The van der Waals surface area contributed by atoms with E-state index in [1.807, 2.05) is 19.1 Å². The Kier molecular flexibility index (Phi) is 10.4. The van der Waals surface area contributed by atoms with E-state index >= 15 is 0 Å². The van der Waals surface area contributed by atoms with Gasteiger partial charge in [0.25, 0.3) is 10.0 Å². The van der Waals surface area contributed by atoms with Gasteiger partial charge in [0, 0.05) is 18.1 Å². The minimum absolute atomic E-state index is 0.0423. The molecule has 11 heteroatoms. The molecule has 6 nitrogen and oxygen atoms in total. The molecule has 0 saturated heterocycles. The zero-order valence-electron chi connectivity index (χ0n) is 19.6. The number of methoxy groups -OCH3 is 1. The first-order valence-electron chi connectivity index (χ1n) is 10.8. The maximum Gasteiger partial charge on any atom is 0.264 e. The molecule has 0 aliphatic heterocycles. The molecule has 0 fully saturated rings. The fourth-order valence-corrected chi connectivity index (χ4v) is 6.50. The van der Waals surface area contributed by atoms with Crippen molar-refractivity contribution >= 4 is 72.5 Å². The summed E-state index contributed by atoms with van der Waals surface area (Å²) in [5.41, 5.74) is 2.41. The smallest absolute Gasteiger partial charge is 0.264 e. The molecule has 0 aliphatic carbocycles. The molecule has 0 radical (unpaired) electrons. The lowest BCUT2D eigenvalue weighted by Gasteiger charge is -2.24. The molecule has 0 atom stereocenters. The Hall–Kier alpha value is -1.91. The number of anilines is 1. The molecular weight excluding hydrogens is 607 g/mol. The Bertz CT molecular complexity index is 1320. The third-order valence-corrected chi connectivity index (χ3v) is 9.30. The first-order valence-corrected chi connectivity index (χ1v) is 15.0. The Labute approximate surface area is 234 Å². The van der Waals surface area contributed by atoms with Gasteiger partial charge in [-0.15, -0.1) is 0 Å². The lowest BCUT2D eigenvalue weighted by molar-refractivity contribution is -0.119. The molecule has 36 heavy (non-hydrogen) atoms. The van der Waals surface area contributed by atoms with E-state index in [0.717, 1.165) is 15.4 Å². The number of carbonyl (C=O) groups excluding carboxylic acids is 1. The van der Waals surface area contributed by atoms with Crippen LogP contribution in [0, 0.1) is 6.92 Å². The van der Waals surface area contributed by atoms with Crippen molar-refractivity contribution in [1.82, 2.24) is 5.32 Å². The minimum atomic E-state index is -4.03. The number of rotatable bonds is 11. The number of amides is 1. The summed E-state index contributed by atoms with van der Waals surface area (Å²) in [4.78, 5) is 12.8. The van der Waals surface area contributed by atoms with Gasteiger partial charge in [-0.2, -0.15) is 11.8 Å². The van der Waals surface area contributed by atoms with Gasteiger partial charge in [-0.25, -0.2) is 8.42 Å². The fraction of sp³-hybridized carbons (Fsp3) is 0.240. The zero-order valence-corrected chi connectivity index (χ0v) is 24.4. The number of benzene rings is 3. The Balaban J connectivity index is 1.67. The number of nitrogens with zero attached hydrogens (tertiary/aromatic N) is 1. The van der Waals surface area contributed by atoms with Crippen molar-refractivity contribution in [1.29, 1.82) is 0 Å². The number of sulfonamides is 1. The standard InChI is InChI=1S/C25H25BrCl2N2O4S2/c1-17-3-6-19(7-4-17)30(36(32,33)20-8-10-24(34-2)21(26)14-20)15-25(31)29-11-12-35-16-18-5-9-22(27)23(28)13-18/h3-10,13-14H,11-12,15-16H2,1-2H3,(H,29,31). The fourth-order valence-electron chi connectivity index (χ4n) is 3.23. The van der Waals surface area contributed by atoms with Crippen LogP contribution < -0.4 is 14.4 Å². The Morgan fingerprint density at radius 2 is 1.78 bits per heavy atom. The highest BCUT2D eigenvalue weighted by molar-refractivity contribution is 9.10. The van der Waals surface area contributed by atoms with Gasteiger partial charge in [-0.05, 0) is 70.9 Å². The third-order valence-electron chi connectivity index (χ3n) is 5.14. The van der Waals surface area contributed by atoms with Crippen molar-refractivity contribution in [2.24, 2.45) is 0 Å². The van der Waals surface area contributed by atoms with E-state index in [2.05, 4.69) is 21.2 Å². The molecule has 3 rings (SSSR count). The highest BCUT2D eigenvalue weighted by Gasteiger charge is 2.28. The van der Waals surface area contributed by atoms with Crippen LogP contribution in [-0.4, -0.2) is 40.3 Å². The second-order valence-electron chi connectivity index (χ2n) is 7.79. The lowest BCUT2D eigenvalue weighted by Crippen LogP contribution is -2.41. The molecule has 0 heterocycles. The van der Waals surface area contributed by atoms with Crippen LogP contribution in [-0.2, 0) is 20.6 Å². The predicted octanol–water partition coefficient (Wildman–Crippen LogP) is 6.32. The molecule has 1 amide bonds. The molecule has 1 N–H and O–H groups in total. The van der Waals surface area contributed by atoms with Crippen molar-refractivity contribution < 1.29 is 17.9 Å². The number of aryl methyl sites for hydroxylation is 1. The zero-order chi connectivity index (χ0) is 26.3. The van der Waals surface area contributed by atoms with Gasteiger partial charge in [0.1, 0.15) is 12.3 Å². The SMILES string of the molecule is COc1ccc(S(=O)(=O)N(CC(=O)NCCSCc2ccc(Cl)c(Cl)c2)c2ccc(C)cc2)cc1Br. The molecule has 0 spiro atoms. The largest absolute Gasteiger partial charge is 0.496 e. The van der Waals surface area contributed by atoms with Crippen LogP contribution in [0.1, 0.15) is 11.1 Å². The van der Waals surface area contributed by atoms with Crippen molar-refractivity contribution in [3.8, 4) is 5.75 Å². The summed E-state index contributed by atoms with van der Waals surface area (Å²) >= 11 is 16.9. The summed E-state index contributed by atoms with van der Waals surface area (Å²) in [7, 11) is -2.53. The first kappa shape index (κ1) is 28.7. The Morgan fingerprint density at radius 3 is 2.42 bits per heavy atom. The van der Waals surface area contributed by atoms with E-state index in [0.29, 0.717) is 44.0 Å². The highest BCUT2D eigenvalue weighted by atomic mass is 79.9. The molecule has 0 aromatic heterocycles. The number of nitrogens with one attached hydrogen (secondary N) is 1. The number of carbonyl (C=O) groups is 1. The topological polar surface area (TPSA) is 75.7 Å². The maximum atomic E-state index is 13.5. The number of hydrogen-bond acceptors (Lipinski definition) is 5. The van der Waals surface area contributed by atoms with Gasteiger partial charge < -0.3 is 10.1 Å². The molecule has 3 aromatic carbocycles. The summed E-state index contributed by atoms with van der Waals surface area (Å²) in [6.45, 7) is 1.94. The molecule has 0 aliphatic rings. The van der Waals surface area contributed by atoms with Gasteiger partial charge in [-0.1, -0.05) is 47.0 Å². The monoisotopic (exact) mass is 630 g/mol. The molecule has 192 valence electrons. The van der Waals surface area contributed by atoms with Crippen molar-refractivity contribution in [2.75, 3.05) is 30.3 Å². The van der Waals surface area contributed by atoms with E-state index in [1.54, 1.807) is 48.2 Å². The average molecular weight is 632 g/mol. The summed E-state index contributed by atoms with van der Waals surface area (Å²) in [6, 6.07) is 16.9. The molecule has 0 unspecified atom stereocenters. The second-order valence-corrected chi connectivity index (χ2v) is 12.4. The maximum absolute atomic E-state index is 13.5. The van der Waals surface area contributed by atoms with Gasteiger partial charge in [0.2, 0.25) is 5.91 Å². The molecule has 0 saturated carbocycles. The minimum Gasteiger partial charge on any atom is -0.496 e. The summed E-state index contributed by atoms with van der Waals surface area (Å²) in [6.07, 6.45) is 0. The van der Waals surface area contributed by atoms with Crippen LogP contribution in [0.25, 0.3) is 0 Å². The third kappa shape index (κ3) is 7.55. The van der Waals surface area contributed by atoms with E-state index in [1.165, 1.54) is 19.2 Å². The Morgan fingerprint density at radius 1 is 1.06 bits per heavy atom. The normalized spacial score (nSPS) is 11.2.